The Hall–Kier alpha value is -2.57. The van der Waals surface area contributed by atoms with Gasteiger partial charge in [-0.05, 0) is 25.0 Å². The average Bonchev–Trinajstić information content (AvgIpc) is 3.21. The van der Waals surface area contributed by atoms with Gasteiger partial charge in [-0.15, -0.1) is 0 Å². The number of rotatable bonds is 5. The topological polar surface area (TPSA) is 75.1 Å². The standard InChI is InChI=1S/C15H20N6O/c22-15(18-7-11-20-10-6-16-12-20)19-13-4-3-5-17-14(13)21-8-1-2-9-21/h3-6,10,12H,1-2,7-9,11H2,(H2,18,19,22). The lowest BCUT2D eigenvalue weighted by atomic mass is 10.3. The zero-order chi connectivity index (χ0) is 15.2. The zero-order valence-corrected chi connectivity index (χ0v) is 12.4. The highest BCUT2D eigenvalue weighted by Gasteiger charge is 2.17. The number of anilines is 2. The smallest absolute Gasteiger partial charge is 0.319 e. The summed E-state index contributed by atoms with van der Waals surface area (Å²) in [5.41, 5.74) is 0.754. The molecule has 2 aromatic heterocycles. The first-order valence-corrected chi connectivity index (χ1v) is 7.53. The maximum Gasteiger partial charge on any atom is 0.319 e. The van der Waals surface area contributed by atoms with Gasteiger partial charge in [0.15, 0.2) is 5.82 Å². The Kier molecular flexibility index (Phi) is 4.53. The first-order valence-electron chi connectivity index (χ1n) is 7.53. The minimum Gasteiger partial charge on any atom is -0.355 e. The molecule has 1 fully saturated rings. The van der Waals surface area contributed by atoms with Crippen LogP contribution in [0.15, 0.2) is 37.1 Å². The Morgan fingerprint density at radius 2 is 2.14 bits per heavy atom. The van der Waals surface area contributed by atoms with Crippen LogP contribution in [0.25, 0.3) is 0 Å². The van der Waals surface area contributed by atoms with Gasteiger partial charge in [0.25, 0.3) is 0 Å². The molecule has 0 saturated carbocycles. The highest BCUT2D eigenvalue weighted by Crippen LogP contribution is 2.25. The van der Waals surface area contributed by atoms with E-state index in [0.29, 0.717) is 13.1 Å². The molecule has 1 aliphatic rings. The molecule has 0 bridgehead atoms. The van der Waals surface area contributed by atoms with Gasteiger partial charge in [0.2, 0.25) is 0 Å². The SMILES string of the molecule is O=C(NCCn1ccnc1)Nc1cccnc1N1CCCC1. The number of amides is 2. The molecule has 22 heavy (non-hydrogen) atoms. The Balaban J connectivity index is 1.54. The zero-order valence-electron chi connectivity index (χ0n) is 12.4. The van der Waals surface area contributed by atoms with Crippen LogP contribution in [0.4, 0.5) is 16.3 Å². The Labute approximate surface area is 129 Å². The number of hydrogen-bond donors (Lipinski definition) is 2. The number of hydrogen-bond acceptors (Lipinski definition) is 4. The van der Waals surface area contributed by atoms with Crippen molar-refractivity contribution in [3.8, 4) is 0 Å². The van der Waals surface area contributed by atoms with Gasteiger partial charge < -0.3 is 20.1 Å². The van der Waals surface area contributed by atoms with E-state index in [9.17, 15) is 4.79 Å². The first-order chi connectivity index (χ1) is 10.8. The third kappa shape index (κ3) is 3.55. The van der Waals surface area contributed by atoms with Crippen molar-refractivity contribution in [3.63, 3.8) is 0 Å². The van der Waals surface area contributed by atoms with Gasteiger partial charge in [-0.2, -0.15) is 0 Å². The Morgan fingerprint density at radius 1 is 1.27 bits per heavy atom. The molecule has 116 valence electrons. The molecule has 3 rings (SSSR count). The third-order valence-electron chi connectivity index (χ3n) is 3.66. The lowest BCUT2D eigenvalue weighted by Crippen LogP contribution is -2.32. The van der Waals surface area contributed by atoms with E-state index in [1.165, 1.54) is 12.8 Å². The van der Waals surface area contributed by atoms with Gasteiger partial charge in [0.05, 0.1) is 12.0 Å². The summed E-state index contributed by atoms with van der Waals surface area (Å²) in [4.78, 5) is 22.6. The molecule has 7 nitrogen and oxygen atoms in total. The van der Waals surface area contributed by atoms with E-state index in [2.05, 4.69) is 25.5 Å². The Morgan fingerprint density at radius 3 is 2.91 bits per heavy atom. The van der Waals surface area contributed by atoms with Crippen molar-refractivity contribution in [3.05, 3.63) is 37.1 Å². The molecule has 0 radical (unpaired) electrons. The largest absolute Gasteiger partial charge is 0.355 e. The highest BCUT2D eigenvalue weighted by molar-refractivity contribution is 5.92. The summed E-state index contributed by atoms with van der Waals surface area (Å²) in [5.74, 6) is 0.852. The second-order valence-corrected chi connectivity index (χ2v) is 5.25. The quantitative estimate of drug-likeness (QED) is 0.881. The van der Waals surface area contributed by atoms with Gasteiger partial charge in [-0.25, -0.2) is 14.8 Å². The monoisotopic (exact) mass is 300 g/mol. The lowest BCUT2D eigenvalue weighted by molar-refractivity contribution is 0.251. The molecular weight excluding hydrogens is 280 g/mol. The molecule has 0 atom stereocenters. The van der Waals surface area contributed by atoms with Crippen LogP contribution in [0.3, 0.4) is 0 Å². The van der Waals surface area contributed by atoms with E-state index in [1.54, 1.807) is 18.7 Å². The van der Waals surface area contributed by atoms with Gasteiger partial charge in [0.1, 0.15) is 0 Å². The number of nitrogens with one attached hydrogen (secondary N) is 2. The number of imidazole rings is 1. The van der Waals surface area contributed by atoms with Crippen LogP contribution in [0.1, 0.15) is 12.8 Å². The molecule has 0 spiro atoms. The maximum atomic E-state index is 12.0. The highest BCUT2D eigenvalue weighted by atomic mass is 16.2. The summed E-state index contributed by atoms with van der Waals surface area (Å²) >= 11 is 0. The number of carbonyl (C=O) groups is 1. The van der Waals surface area contributed by atoms with Crippen LogP contribution >= 0.6 is 0 Å². The molecule has 0 aromatic carbocycles. The van der Waals surface area contributed by atoms with E-state index < -0.39 is 0 Å². The third-order valence-corrected chi connectivity index (χ3v) is 3.66. The number of aromatic nitrogens is 3. The molecule has 0 aliphatic carbocycles. The van der Waals surface area contributed by atoms with E-state index in [4.69, 9.17) is 0 Å². The van der Waals surface area contributed by atoms with Gasteiger partial charge in [-0.1, -0.05) is 0 Å². The van der Waals surface area contributed by atoms with Crippen LogP contribution < -0.4 is 15.5 Å². The number of carbonyl (C=O) groups excluding carboxylic acids is 1. The summed E-state index contributed by atoms with van der Waals surface area (Å²) in [7, 11) is 0. The molecule has 1 aliphatic heterocycles. The van der Waals surface area contributed by atoms with Crippen LogP contribution in [0.2, 0.25) is 0 Å². The van der Waals surface area contributed by atoms with Crippen LogP contribution in [0, 0.1) is 0 Å². The molecule has 2 aromatic rings. The average molecular weight is 300 g/mol. The molecule has 2 N–H and O–H groups in total. The number of urea groups is 1. The molecule has 0 unspecified atom stereocenters. The van der Waals surface area contributed by atoms with E-state index >= 15 is 0 Å². The van der Waals surface area contributed by atoms with E-state index in [0.717, 1.165) is 24.6 Å². The van der Waals surface area contributed by atoms with Crippen LogP contribution in [0.5, 0.6) is 0 Å². The van der Waals surface area contributed by atoms with Crippen molar-refractivity contribution < 1.29 is 4.79 Å². The van der Waals surface area contributed by atoms with Crippen LogP contribution in [-0.4, -0.2) is 40.2 Å². The minimum absolute atomic E-state index is 0.214. The Bertz CT molecular complexity index is 606. The first kappa shape index (κ1) is 14.4. The predicted molar refractivity (Wildman–Crippen MR) is 84.9 cm³/mol. The fourth-order valence-corrected chi connectivity index (χ4v) is 2.56. The summed E-state index contributed by atoms with van der Waals surface area (Å²) < 4.78 is 1.92. The van der Waals surface area contributed by atoms with Crippen molar-refractivity contribution in [2.45, 2.75) is 19.4 Å². The van der Waals surface area contributed by atoms with Gasteiger partial charge in [-0.3, -0.25) is 0 Å². The van der Waals surface area contributed by atoms with Gasteiger partial charge >= 0.3 is 6.03 Å². The summed E-state index contributed by atoms with van der Waals surface area (Å²) in [6, 6.07) is 3.50. The molecule has 2 amide bonds. The maximum absolute atomic E-state index is 12.0. The fourth-order valence-electron chi connectivity index (χ4n) is 2.56. The normalized spacial score (nSPS) is 14.1. The molecule has 1 saturated heterocycles. The molecule has 3 heterocycles. The summed E-state index contributed by atoms with van der Waals surface area (Å²) in [6.45, 7) is 3.23. The molecule has 7 heteroatoms. The number of pyridine rings is 1. The fraction of sp³-hybridized carbons (Fsp3) is 0.400. The van der Waals surface area contributed by atoms with Crippen molar-refractivity contribution in [1.82, 2.24) is 19.9 Å². The van der Waals surface area contributed by atoms with Crippen molar-refractivity contribution in [1.29, 1.82) is 0 Å². The van der Waals surface area contributed by atoms with E-state index in [1.807, 2.05) is 22.9 Å². The predicted octanol–water partition coefficient (Wildman–Crippen LogP) is 1.70. The minimum atomic E-state index is -0.214. The van der Waals surface area contributed by atoms with Crippen LogP contribution in [-0.2, 0) is 6.54 Å². The second kappa shape index (κ2) is 6.93. The summed E-state index contributed by atoms with van der Waals surface area (Å²) in [5, 5.41) is 5.73. The van der Waals surface area contributed by atoms with E-state index in [-0.39, 0.29) is 6.03 Å². The van der Waals surface area contributed by atoms with Crippen molar-refractivity contribution in [2.75, 3.05) is 29.9 Å². The summed E-state index contributed by atoms with van der Waals surface area (Å²) in [6.07, 6.45) is 9.42. The van der Waals surface area contributed by atoms with Gasteiger partial charge in [0, 0.05) is 44.8 Å². The molecular formula is C15H20N6O. The number of nitrogens with zero attached hydrogens (tertiary/aromatic N) is 4. The second-order valence-electron chi connectivity index (χ2n) is 5.25. The van der Waals surface area contributed by atoms with Crippen molar-refractivity contribution >= 4 is 17.5 Å². The lowest BCUT2D eigenvalue weighted by Gasteiger charge is -2.20. The van der Waals surface area contributed by atoms with Crippen molar-refractivity contribution in [2.24, 2.45) is 0 Å².